The second-order valence-electron chi connectivity index (χ2n) is 5.23. The summed E-state index contributed by atoms with van der Waals surface area (Å²) in [7, 11) is 0. The van der Waals surface area contributed by atoms with Crippen LogP contribution in [-0.2, 0) is 21.7 Å². The summed E-state index contributed by atoms with van der Waals surface area (Å²) in [4.78, 5) is 4.12. The minimum Gasteiger partial charge on any atom is -0.455 e. The first-order valence-corrected chi connectivity index (χ1v) is 7.05. The van der Waals surface area contributed by atoms with Crippen molar-refractivity contribution in [3.63, 3.8) is 0 Å². The Kier molecular flexibility index (Phi) is 3.18. The van der Waals surface area contributed by atoms with Gasteiger partial charge in [0.2, 0.25) is 5.79 Å². The number of aliphatic hydroxyl groups excluding tert-OH is 1. The van der Waals surface area contributed by atoms with Crippen LogP contribution in [0.15, 0.2) is 41.1 Å². The van der Waals surface area contributed by atoms with Gasteiger partial charge < -0.3 is 19.0 Å². The van der Waals surface area contributed by atoms with Gasteiger partial charge in [0, 0.05) is 5.39 Å². The van der Waals surface area contributed by atoms with Crippen LogP contribution in [0.5, 0.6) is 0 Å². The number of ether oxygens (including phenoxy) is 2. The smallest absolute Gasteiger partial charge is 0.236 e. The number of fused-ring (bicyclic) bond motifs is 1. The number of nitrogens with zero attached hydrogens (tertiary/aromatic N) is 2. The Hall–Kier alpha value is -2.22. The van der Waals surface area contributed by atoms with Gasteiger partial charge in [-0.05, 0) is 12.1 Å². The lowest BCUT2D eigenvalue weighted by molar-refractivity contribution is -0.191. The van der Waals surface area contributed by atoms with Crippen molar-refractivity contribution in [2.75, 3.05) is 13.2 Å². The Morgan fingerprint density at radius 3 is 3.00 bits per heavy atom. The van der Waals surface area contributed by atoms with Gasteiger partial charge in [-0.3, -0.25) is 5.10 Å². The third-order valence-corrected chi connectivity index (χ3v) is 3.72. The molecule has 4 rings (SSSR count). The molecule has 114 valence electrons. The average molecular weight is 301 g/mol. The minimum absolute atomic E-state index is 0.115. The summed E-state index contributed by atoms with van der Waals surface area (Å²) in [5, 5.41) is 17.0. The lowest BCUT2D eigenvalue weighted by Gasteiger charge is -2.24. The highest BCUT2D eigenvalue weighted by Gasteiger charge is 2.47. The van der Waals surface area contributed by atoms with E-state index in [0.717, 1.165) is 11.0 Å². The molecule has 22 heavy (non-hydrogen) atoms. The van der Waals surface area contributed by atoms with E-state index in [1.165, 1.54) is 6.33 Å². The zero-order chi connectivity index (χ0) is 15.0. The Morgan fingerprint density at radius 1 is 1.36 bits per heavy atom. The number of furan rings is 1. The second-order valence-corrected chi connectivity index (χ2v) is 5.23. The molecule has 1 aliphatic heterocycles. The van der Waals surface area contributed by atoms with Crippen molar-refractivity contribution in [3.8, 4) is 0 Å². The molecule has 2 aromatic heterocycles. The predicted molar refractivity (Wildman–Crippen MR) is 75.9 cm³/mol. The number of nitrogens with one attached hydrogen (secondary N) is 1. The summed E-state index contributed by atoms with van der Waals surface area (Å²) in [5.74, 6) is -0.0114. The number of para-hydroxylation sites is 1. The number of hydrogen-bond donors (Lipinski definition) is 2. The molecule has 2 unspecified atom stereocenters. The molecule has 0 radical (unpaired) electrons. The number of benzene rings is 1. The Bertz CT molecular complexity index is 737. The van der Waals surface area contributed by atoms with Crippen LogP contribution in [0.3, 0.4) is 0 Å². The highest BCUT2D eigenvalue weighted by atomic mass is 16.8. The zero-order valence-corrected chi connectivity index (χ0v) is 11.7. The lowest BCUT2D eigenvalue weighted by Crippen LogP contribution is -2.31. The van der Waals surface area contributed by atoms with Gasteiger partial charge in [-0.15, -0.1) is 0 Å². The molecular formula is C15H15N3O4. The molecule has 2 atom stereocenters. The SMILES string of the molecule is OCC1COC(Cc2nc[nH]n2)(c2cc3ccccc3o2)O1. The second kappa shape index (κ2) is 5.20. The van der Waals surface area contributed by atoms with Crippen LogP contribution in [0.2, 0.25) is 0 Å². The van der Waals surface area contributed by atoms with Crippen molar-refractivity contribution < 1.29 is 19.0 Å². The van der Waals surface area contributed by atoms with Gasteiger partial charge in [-0.2, -0.15) is 5.10 Å². The molecule has 1 aromatic carbocycles. The lowest BCUT2D eigenvalue weighted by atomic mass is 10.1. The molecule has 3 heterocycles. The topological polar surface area (TPSA) is 93.4 Å². The van der Waals surface area contributed by atoms with Crippen LogP contribution in [0.25, 0.3) is 11.0 Å². The van der Waals surface area contributed by atoms with Crippen molar-refractivity contribution >= 4 is 11.0 Å². The van der Waals surface area contributed by atoms with Gasteiger partial charge in [0.25, 0.3) is 0 Å². The largest absolute Gasteiger partial charge is 0.455 e. The molecule has 0 bridgehead atoms. The Labute approximate surface area is 125 Å². The maximum atomic E-state index is 9.34. The first-order chi connectivity index (χ1) is 10.8. The van der Waals surface area contributed by atoms with E-state index in [0.29, 0.717) is 18.0 Å². The van der Waals surface area contributed by atoms with E-state index in [1.807, 2.05) is 30.3 Å². The number of aromatic amines is 1. The Balaban J connectivity index is 1.76. The molecule has 1 saturated heterocycles. The highest BCUT2D eigenvalue weighted by molar-refractivity contribution is 5.77. The van der Waals surface area contributed by atoms with Crippen LogP contribution in [0, 0.1) is 0 Å². The molecular weight excluding hydrogens is 286 g/mol. The van der Waals surface area contributed by atoms with E-state index in [4.69, 9.17) is 13.9 Å². The van der Waals surface area contributed by atoms with E-state index in [1.54, 1.807) is 0 Å². The fourth-order valence-corrected chi connectivity index (χ4v) is 2.66. The van der Waals surface area contributed by atoms with Gasteiger partial charge in [-0.25, -0.2) is 4.98 Å². The monoisotopic (exact) mass is 301 g/mol. The van der Waals surface area contributed by atoms with E-state index in [9.17, 15) is 5.11 Å². The Morgan fingerprint density at radius 2 is 2.27 bits per heavy atom. The molecule has 1 aliphatic rings. The fourth-order valence-electron chi connectivity index (χ4n) is 2.66. The average Bonchev–Trinajstić information content (AvgIpc) is 3.26. The van der Waals surface area contributed by atoms with Crippen LogP contribution in [0.4, 0.5) is 0 Å². The van der Waals surface area contributed by atoms with E-state index in [2.05, 4.69) is 15.2 Å². The van der Waals surface area contributed by atoms with Gasteiger partial charge in [0.1, 0.15) is 18.0 Å². The zero-order valence-electron chi connectivity index (χ0n) is 11.7. The van der Waals surface area contributed by atoms with Gasteiger partial charge in [-0.1, -0.05) is 18.2 Å². The minimum atomic E-state index is -1.12. The molecule has 0 saturated carbocycles. The van der Waals surface area contributed by atoms with E-state index < -0.39 is 11.9 Å². The molecule has 2 N–H and O–H groups in total. The first-order valence-electron chi connectivity index (χ1n) is 7.05. The number of rotatable bonds is 4. The maximum Gasteiger partial charge on any atom is 0.236 e. The predicted octanol–water partition coefficient (Wildman–Crippen LogP) is 1.35. The van der Waals surface area contributed by atoms with Crippen molar-refractivity contribution in [2.45, 2.75) is 18.3 Å². The normalized spacial score (nSPS) is 25.0. The summed E-state index contributed by atoms with van der Waals surface area (Å²) < 4.78 is 17.7. The quantitative estimate of drug-likeness (QED) is 0.755. The highest BCUT2D eigenvalue weighted by Crippen LogP contribution is 2.39. The van der Waals surface area contributed by atoms with Gasteiger partial charge >= 0.3 is 0 Å². The summed E-state index contributed by atoms with van der Waals surface area (Å²) >= 11 is 0. The number of H-pyrrole nitrogens is 1. The number of aromatic nitrogens is 3. The van der Waals surface area contributed by atoms with Gasteiger partial charge in [0.05, 0.1) is 19.6 Å². The first kappa shape index (κ1) is 13.4. The van der Waals surface area contributed by atoms with E-state index in [-0.39, 0.29) is 13.2 Å². The van der Waals surface area contributed by atoms with E-state index >= 15 is 0 Å². The fraction of sp³-hybridized carbons (Fsp3) is 0.333. The molecule has 0 amide bonds. The molecule has 3 aromatic rings. The van der Waals surface area contributed by atoms with Crippen LogP contribution < -0.4 is 0 Å². The molecule has 0 spiro atoms. The summed E-state index contributed by atoms with van der Waals surface area (Å²) in [5.41, 5.74) is 0.756. The standard InChI is InChI=1S/C15H15N3O4/c19-7-11-8-20-15(22-11,6-14-16-9-17-18-14)13-5-10-3-1-2-4-12(10)21-13/h1-5,9,11,19H,6-8H2,(H,16,17,18). The third kappa shape index (κ3) is 2.19. The van der Waals surface area contributed by atoms with Gasteiger partial charge in [0.15, 0.2) is 11.6 Å². The number of hydrogen-bond acceptors (Lipinski definition) is 6. The third-order valence-electron chi connectivity index (χ3n) is 3.72. The summed E-state index contributed by atoms with van der Waals surface area (Å²) in [6, 6.07) is 9.59. The van der Waals surface area contributed by atoms with Crippen molar-refractivity contribution in [2.24, 2.45) is 0 Å². The molecule has 0 aliphatic carbocycles. The maximum absolute atomic E-state index is 9.34. The van der Waals surface area contributed by atoms with Crippen molar-refractivity contribution in [1.82, 2.24) is 15.2 Å². The molecule has 7 heteroatoms. The molecule has 7 nitrogen and oxygen atoms in total. The van der Waals surface area contributed by atoms with Crippen molar-refractivity contribution in [3.05, 3.63) is 48.2 Å². The van der Waals surface area contributed by atoms with Crippen LogP contribution >= 0.6 is 0 Å². The number of aliphatic hydroxyl groups is 1. The summed E-state index contributed by atoms with van der Waals surface area (Å²) in [6.45, 7) is 0.175. The molecule has 1 fully saturated rings. The van der Waals surface area contributed by atoms with Crippen LogP contribution in [0.1, 0.15) is 11.6 Å². The van der Waals surface area contributed by atoms with Crippen molar-refractivity contribution in [1.29, 1.82) is 0 Å². The van der Waals surface area contributed by atoms with Crippen LogP contribution in [-0.4, -0.2) is 39.6 Å². The summed E-state index contributed by atoms with van der Waals surface area (Å²) in [6.07, 6.45) is 1.40.